The molecule has 1 amide bonds. The van der Waals surface area contributed by atoms with Gasteiger partial charge in [-0.1, -0.05) is 43.5 Å². The van der Waals surface area contributed by atoms with Crippen LogP contribution in [0.3, 0.4) is 0 Å². The van der Waals surface area contributed by atoms with E-state index in [-0.39, 0.29) is 11.3 Å². The monoisotopic (exact) mass is 494 g/mol. The molecule has 1 aliphatic rings. The second-order valence-electron chi connectivity index (χ2n) is 9.58. The third-order valence-electron chi connectivity index (χ3n) is 6.49. The Morgan fingerprint density at radius 3 is 2.47 bits per heavy atom. The van der Waals surface area contributed by atoms with Crippen LogP contribution >= 0.6 is 0 Å². The van der Waals surface area contributed by atoms with Crippen LogP contribution in [-0.4, -0.2) is 67.5 Å². The van der Waals surface area contributed by atoms with E-state index in [4.69, 9.17) is 9.47 Å². The fraction of sp³-hybridized carbons (Fsp3) is 0.448. The van der Waals surface area contributed by atoms with Crippen LogP contribution in [0.25, 0.3) is 5.76 Å². The predicted octanol–water partition coefficient (Wildman–Crippen LogP) is 4.86. The van der Waals surface area contributed by atoms with Gasteiger partial charge in [-0.2, -0.15) is 0 Å². The highest BCUT2D eigenvalue weighted by Gasteiger charge is 2.46. The summed E-state index contributed by atoms with van der Waals surface area (Å²) < 4.78 is 11.5. The fourth-order valence-electron chi connectivity index (χ4n) is 4.41. The Labute approximate surface area is 214 Å². The van der Waals surface area contributed by atoms with Crippen molar-refractivity contribution in [2.75, 3.05) is 40.9 Å². The molecule has 0 bridgehead atoms. The minimum atomic E-state index is -0.743. The summed E-state index contributed by atoms with van der Waals surface area (Å²) >= 11 is 0. The van der Waals surface area contributed by atoms with Gasteiger partial charge in [0.2, 0.25) is 0 Å². The van der Waals surface area contributed by atoms with Crippen molar-refractivity contribution in [2.24, 2.45) is 0 Å². The molecule has 0 spiro atoms. The van der Waals surface area contributed by atoms with E-state index in [2.05, 4.69) is 6.92 Å². The maximum Gasteiger partial charge on any atom is 0.295 e. The number of benzene rings is 2. The van der Waals surface area contributed by atoms with Gasteiger partial charge in [-0.25, -0.2) is 0 Å². The second-order valence-corrected chi connectivity index (χ2v) is 9.58. The Morgan fingerprint density at radius 2 is 1.81 bits per heavy atom. The van der Waals surface area contributed by atoms with Crippen molar-refractivity contribution in [1.82, 2.24) is 9.80 Å². The molecule has 1 aliphatic heterocycles. The number of amides is 1. The summed E-state index contributed by atoms with van der Waals surface area (Å²) in [6.07, 6.45) is 3.13. The first-order chi connectivity index (χ1) is 17.2. The number of aliphatic hydroxyl groups excluding tert-OH is 1. The number of hydrogen-bond acceptors (Lipinski definition) is 6. The van der Waals surface area contributed by atoms with Crippen LogP contribution < -0.4 is 9.47 Å². The Morgan fingerprint density at radius 1 is 1.06 bits per heavy atom. The molecule has 7 heteroatoms. The molecule has 7 nitrogen and oxygen atoms in total. The van der Waals surface area contributed by atoms with E-state index in [0.717, 1.165) is 30.4 Å². The number of ether oxygens (including phenoxy) is 2. The number of nitrogens with zero attached hydrogens (tertiary/aromatic N) is 2. The topological polar surface area (TPSA) is 79.3 Å². The van der Waals surface area contributed by atoms with Gasteiger partial charge >= 0.3 is 0 Å². The summed E-state index contributed by atoms with van der Waals surface area (Å²) in [6.45, 7) is 7.43. The van der Waals surface area contributed by atoms with E-state index in [1.54, 1.807) is 13.2 Å². The number of likely N-dealkylation sites (tertiary alicyclic amines) is 1. The number of carbonyl (C=O) groups is 2. The van der Waals surface area contributed by atoms with Gasteiger partial charge in [0, 0.05) is 18.7 Å². The molecule has 36 heavy (non-hydrogen) atoms. The molecule has 1 atom stereocenters. The summed E-state index contributed by atoms with van der Waals surface area (Å²) in [5.41, 5.74) is 3.09. The Balaban J connectivity index is 2.11. The molecule has 1 saturated heterocycles. The maximum atomic E-state index is 13.3. The molecule has 194 valence electrons. The minimum Gasteiger partial charge on any atom is -0.507 e. The molecule has 1 unspecified atom stereocenters. The first kappa shape index (κ1) is 27.3. The molecule has 0 aliphatic carbocycles. The SMILES string of the molecule is CCCCCOc1ccc(C2/C(=C(\O)c3cc(C)ccc3C)C(=O)C(=O)N2CCN(C)C)cc1OC. The van der Waals surface area contributed by atoms with Crippen molar-refractivity contribution >= 4 is 17.4 Å². The molecule has 0 saturated carbocycles. The normalized spacial score (nSPS) is 17.2. The average Bonchev–Trinajstić information content (AvgIpc) is 3.11. The lowest BCUT2D eigenvalue weighted by molar-refractivity contribution is -0.140. The van der Waals surface area contributed by atoms with Crippen molar-refractivity contribution in [1.29, 1.82) is 0 Å². The summed E-state index contributed by atoms with van der Waals surface area (Å²) in [7, 11) is 5.39. The van der Waals surface area contributed by atoms with Crippen molar-refractivity contribution in [3.05, 3.63) is 64.2 Å². The van der Waals surface area contributed by atoms with Gasteiger partial charge in [0.15, 0.2) is 11.5 Å². The smallest absolute Gasteiger partial charge is 0.295 e. The van der Waals surface area contributed by atoms with Crippen LogP contribution in [0, 0.1) is 13.8 Å². The van der Waals surface area contributed by atoms with Crippen molar-refractivity contribution in [3.8, 4) is 11.5 Å². The lowest BCUT2D eigenvalue weighted by atomic mass is 9.93. The van der Waals surface area contributed by atoms with Gasteiger partial charge in [0.25, 0.3) is 11.7 Å². The van der Waals surface area contributed by atoms with Crippen molar-refractivity contribution in [3.63, 3.8) is 0 Å². The highest BCUT2D eigenvalue weighted by molar-refractivity contribution is 6.46. The Hall–Kier alpha value is -3.32. The van der Waals surface area contributed by atoms with Crippen LogP contribution in [0.15, 0.2) is 42.0 Å². The number of hydrogen-bond donors (Lipinski definition) is 1. The second kappa shape index (κ2) is 12.1. The lowest BCUT2D eigenvalue weighted by Gasteiger charge is -2.27. The molecule has 1 heterocycles. The van der Waals surface area contributed by atoms with Gasteiger partial charge < -0.3 is 24.4 Å². The third kappa shape index (κ3) is 5.90. The first-order valence-electron chi connectivity index (χ1n) is 12.5. The number of rotatable bonds is 11. The number of methoxy groups -OCH3 is 1. The van der Waals surface area contributed by atoms with E-state index in [1.165, 1.54) is 4.90 Å². The zero-order valence-electron chi connectivity index (χ0n) is 22.3. The van der Waals surface area contributed by atoms with E-state index in [9.17, 15) is 14.7 Å². The van der Waals surface area contributed by atoms with E-state index < -0.39 is 17.7 Å². The molecule has 1 N–H and O–H groups in total. The molecular weight excluding hydrogens is 456 g/mol. The Bertz CT molecular complexity index is 1140. The van der Waals surface area contributed by atoms with E-state index in [0.29, 0.717) is 42.3 Å². The van der Waals surface area contributed by atoms with Crippen LogP contribution in [-0.2, 0) is 9.59 Å². The molecule has 0 aromatic heterocycles. The summed E-state index contributed by atoms with van der Waals surface area (Å²) in [6, 6.07) is 10.4. The summed E-state index contributed by atoms with van der Waals surface area (Å²) in [4.78, 5) is 30.0. The zero-order chi connectivity index (χ0) is 26.4. The fourth-order valence-corrected chi connectivity index (χ4v) is 4.41. The maximum absolute atomic E-state index is 13.3. The number of aliphatic hydroxyl groups is 1. The van der Waals surface area contributed by atoms with E-state index in [1.807, 2.05) is 63.2 Å². The molecule has 2 aromatic rings. The van der Waals surface area contributed by atoms with Gasteiger partial charge in [-0.15, -0.1) is 0 Å². The molecule has 3 rings (SSSR count). The number of Topliss-reactive ketones (excluding diaryl/α,β-unsaturated/α-hetero) is 1. The van der Waals surface area contributed by atoms with Crippen LogP contribution in [0.4, 0.5) is 0 Å². The van der Waals surface area contributed by atoms with Gasteiger partial charge in [0.05, 0.1) is 25.3 Å². The standard InChI is InChI=1S/C29H38N2O5/c1-7-8-9-16-36-23-13-12-21(18-24(23)35-6)26-25(27(32)22-17-19(2)10-11-20(22)3)28(33)29(34)31(26)15-14-30(4)5/h10-13,17-18,26,32H,7-9,14-16H2,1-6H3/b27-25+. The third-order valence-corrected chi connectivity index (χ3v) is 6.49. The van der Waals surface area contributed by atoms with Crippen LogP contribution in [0.2, 0.25) is 0 Å². The highest BCUT2D eigenvalue weighted by atomic mass is 16.5. The summed E-state index contributed by atoms with van der Waals surface area (Å²) in [5.74, 6) is -0.333. The van der Waals surface area contributed by atoms with Crippen LogP contribution in [0.5, 0.6) is 11.5 Å². The number of ketones is 1. The molecule has 1 fully saturated rings. The van der Waals surface area contributed by atoms with Gasteiger partial charge in [0.1, 0.15) is 5.76 Å². The predicted molar refractivity (Wildman–Crippen MR) is 141 cm³/mol. The minimum absolute atomic E-state index is 0.0890. The first-order valence-corrected chi connectivity index (χ1v) is 12.5. The van der Waals surface area contributed by atoms with Gasteiger partial charge in [-0.3, -0.25) is 9.59 Å². The molecule has 2 aromatic carbocycles. The van der Waals surface area contributed by atoms with E-state index >= 15 is 0 Å². The lowest BCUT2D eigenvalue weighted by Crippen LogP contribution is -2.35. The number of likely N-dealkylation sites (N-methyl/N-ethyl adjacent to an activating group) is 1. The van der Waals surface area contributed by atoms with Crippen LogP contribution in [0.1, 0.15) is 54.5 Å². The number of aryl methyl sites for hydroxylation is 2. The largest absolute Gasteiger partial charge is 0.507 e. The Kier molecular flexibility index (Phi) is 9.15. The molecule has 0 radical (unpaired) electrons. The zero-order valence-corrected chi connectivity index (χ0v) is 22.3. The van der Waals surface area contributed by atoms with Crippen molar-refractivity contribution < 1.29 is 24.2 Å². The van der Waals surface area contributed by atoms with Crippen molar-refractivity contribution in [2.45, 2.75) is 46.1 Å². The molecular formula is C29H38N2O5. The number of carbonyl (C=O) groups excluding carboxylic acids is 2. The summed E-state index contributed by atoms with van der Waals surface area (Å²) in [5, 5.41) is 11.4. The van der Waals surface area contributed by atoms with Gasteiger partial charge in [-0.05, 0) is 63.7 Å². The number of unbranched alkanes of at least 4 members (excludes halogenated alkanes) is 2. The highest BCUT2D eigenvalue weighted by Crippen LogP contribution is 2.42. The quantitative estimate of drug-likeness (QED) is 0.208. The average molecular weight is 495 g/mol.